The van der Waals surface area contributed by atoms with Gasteiger partial charge in [-0.1, -0.05) is 6.07 Å². The van der Waals surface area contributed by atoms with Gasteiger partial charge in [-0.2, -0.15) is 0 Å². The fraction of sp³-hybridized carbons (Fsp3) is 0.455. The van der Waals surface area contributed by atoms with Crippen LogP contribution in [0.1, 0.15) is 13.8 Å². The first-order chi connectivity index (χ1) is 6.53. The van der Waals surface area contributed by atoms with Gasteiger partial charge in [0.2, 0.25) is 0 Å². The Hall–Kier alpha value is -1.09. The minimum absolute atomic E-state index is 0.105. The van der Waals surface area contributed by atoms with E-state index in [2.05, 4.69) is 5.32 Å². The van der Waals surface area contributed by atoms with Gasteiger partial charge in [-0.3, -0.25) is 0 Å². The molecule has 1 aromatic rings. The molecular weight excluding hydrogens is 181 g/mol. The number of ether oxygens (including phenoxy) is 1. The summed E-state index contributed by atoms with van der Waals surface area (Å²) in [6, 6.07) is 6.16. The van der Waals surface area contributed by atoms with Crippen molar-refractivity contribution in [2.75, 3.05) is 13.7 Å². The second kappa shape index (κ2) is 4.42. The molecular formula is C11H16FNO. The Bertz CT molecular complexity index is 299. The van der Waals surface area contributed by atoms with Crippen LogP contribution in [0, 0.1) is 5.82 Å². The van der Waals surface area contributed by atoms with Gasteiger partial charge >= 0.3 is 0 Å². The van der Waals surface area contributed by atoms with Gasteiger partial charge < -0.3 is 10.1 Å². The van der Waals surface area contributed by atoms with E-state index in [-0.39, 0.29) is 11.4 Å². The number of benzene rings is 1. The lowest BCUT2D eigenvalue weighted by atomic mass is 10.1. The summed E-state index contributed by atoms with van der Waals surface area (Å²) in [6.45, 7) is 4.55. The smallest absolute Gasteiger partial charge is 0.126 e. The molecule has 0 spiro atoms. The SMILES string of the molecule is CNC(C)(C)COc1cccc(F)c1. The molecule has 0 aliphatic carbocycles. The lowest BCUT2D eigenvalue weighted by Crippen LogP contribution is -2.42. The van der Waals surface area contributed by atoms with Crippen LogP contribution in [0.15, 0.2) is 24.3 Å². The molecule has 0 fully saturated rings. The van der Waals surface area contributed by atoms with Crippen LogP contribution in [0.4, 0.5) is 4.39 Å². The zero-order valence-electron chi connectivity index (χ0n) is 8.80. The summed E-state index contributed by atoms with van der Waals surface area (Å²) >= 11 is 0. The summed E-state index contributed by atoms with van der Waals surface area (Å²) in [7, 11) is 1.87. The molecule has 1 N–H and O–H groups in total. The van der Waals surface area contributed by atoms with Gasteiger partial charge in [-0.25, -0.2) is 4.39 Å². The van der Waals surface area contributed by atoms with Gasteiger partial charge in [0.1, 0.15) is 18.2 Å². The highest BCUT2D eigenvalue weighted by molar-refractivity contribution is 5.22. The van der Waals surface area contributed by atoms with E-state index in [1.165, 1.54) is 12.1 Å². The van der Waals surface area contributed by atoms with Crippen molar-refractivity contribution in [3.63, 3.8) is 0 Å². The van der Waals surface area contributed by atoms with E-state index in [9.17, 15) is 4.39 Å². The molecule has 1 rings (SSSR count). The lowest BCUT2D eigenvalue weighted by Gasteiger charge is -2.23. The highest BCUT2D eigenvalue weighted by Crippen LogP contribution is 2.13. The molecule has 0 aromatic heterocycles. The molecule has 3 heteroatoms. The van der Waals surface area contributed by atoms with Gasteiger partial charge in [0, 0.05) is 11.6 Å². The molecule has 0 radical (unpaired) electrons. The maximum absolute atomic E-state index is 12.8. The molecule has 0 saturated heterocycles. The molecule has 0 bridgehead atoms. The number of halogens is 1. The standard InChI is InChI=1S/C11H16FNO/c1-11(2,13-3)8-14-10-6-4-5-9(12)7-10/h4-7,13H,8H2,1-3H3. The lowest BCUT2D eigenvalue weighted by molar-refractivity contribution is 0.216. The maximum atomic E-state index is 12.8. The fourth-order valence-electron chi connectivity index (χ4n) is 0.893. The van der Waals surface area contributed by atoms with Crippen molar-refractivity contribution in [1.29, 1.82) is 0 Å². The van der Waals surface area contributed by atoms with Gasteiger partial charge in [-0.15, -0.1) is 0 Å². The van der Waals surface area contributed by atoms with Crippen LogP contribution in [0.3, 0.4) is 0 Å². The zero-order chi connectivity index (χ0) is 10.6. The Morgan fingerprint density at radius 1 is 1.43 bits per heavy atom. The molecule has 0 amide bonds. The third-order valence-electron chi connectivity index (χ3n) is 2.07. The second-order valence-electron chi connectivity index (χ2n) is 3.88. The van der Waals surface area contributed by atoms with Crippen LogP contribution in [0.25, 0.3) is 0 Å². The Labute approximate surface area is 84.1 Å². The number of rotatable bonds is 4. The molecule has 0 heterocycles. The molecule has 0 unspecified atom stereocenters. The van der Waals surface area contributed by atoms with Gasteiger partial charge in [0.15, 0.2) is 0 Å². The summed E-state index contributed by atoms with van der Waals surface area (Å²) in [6.07, 6.45) is 0. The molecule has 0 aliphatic heterocycles. The Morgan fingerprint density at radius 3 is 2.71 bits per heavy atom. The largest absolute Gasteiger partial charge is 0.492 e. The first-order valence-electron chi connectivity index (χ1n) is 4.61. The summed E-state index contributed by atoms with van der Waals surface area (Å²) in [5.74, 6) is 0.290. The van der Waals surface area contributed by atoms with E-state index in [1.54, 1.807) is 12.1 Å². The summed E-state index contributed by atoms with van der Waals surface area (Å²) in [4.78, 5) is 0. The highest BCUT2D eigenvalue weighted by atomic mass is 19.1. The number of likely N-dealkylation sites (N-methyl/N-ethyl adjacent to an activating group) is 1. The van der Waals surface area contributed by atoms with Crippen LogP contribution < -0.4 is 10.1 Å². The van der Waals surface area contributed by atoms with Crippen LogP contribution in [-0.2, 0) is 0 Å². The van der Waals surface area contributed by atoms with Crippen molar-refractivity contribution >= 4 is 0 Å². The van der Waals surface area contributed by atoms with Crippen molar-refractivity contribution in [2.45, 2.75) is 19.4 Å². The number of hydrogen-bond acceptors (Lipinski definition) is 2. The summed E-state index contributed by atoms with van der Waals surface area (Å²) in [5, 5.41) is 3.11. The topological polar surface area (TPSA) is 21.3 Å². The van der Waals surface area contributed by atoms with E-state index >= 15 is 0 Å². The summed E-state index contributed by atoms with van der Waals surface area (Å²) < 4.78 is 18.2. The molecule has 78 valence electrons. The van der Waals surface area contributed by atoms with Gasteiger partial charge in [0.05, 0.1) is 0 Å². The number of hydrogen-bond donors (Lipinski definition) is 1. The maximum Gasteiger partial charge on any atom is 0.126 e. The van der Waals surface area contributed by atoms with Gasteiger partial charge in [-0.05, 0) is 33.0 Å². The first kappa shape index (κ1) is 11.0. The predicted molar refractivity (Wildman–Crippen MR) is 55.0 cm³/mol. The van der Waals surface area contributed by atoms with Crippen molar-refractivity contribution < 1.29 is 9.13 Å². The van der Waals surface area contributed by atoms with E-state index in [0.29, 0.717) is 12.4 Å². The normalized spacial score (nSPS) is 11.4. The minimum Gasteiger partial charge on any atom is -0.492 e. The Kier molecular flexibility index (Phi) is 3.47. The van der Waals surface area contributed by atoms with E-state index in [4.69, 9.17) is 4.74 Å². The molecule has 2 nitrogen and oxygen atoms in total. The second-order valence-corrected chi connectivity index (χ2v) is 3.88. The Balaban J connectivity index is 2.54. The third kappa shape index (κ3) is 3.34. The number of nitrogens with one attached hydrogen (secondary N) is 1. The van der Waals surface area contributed by atoms with Crippen LogP contribution in [0.5, 0.6) is 5.75 Å². The third-order valence-corrected chi connectivity index (χ3v) is 2.07. The molecule has 1 aromatic carbocycles. The average Bonchev–Trinajstić information content (AvgIpc) is 2.15. The van der Waals surface area contributed by atoms with Crippen molar-refractivity contribution in [3.8, 4) is 5.75 Å². The first-order valence-corrected chi connectivity index (χ1v) is 4.61. The molecule has 0 saturated carbocycles. The van der Waals surface area contributed by atoms with E-state index in [1.807, 2.05) is 20.9 Å². The van der Waals surface area contributed by atoms with E-state index < -0.39 is 0 Å². The molecule has 0 atom stereocenters. The van der Waals surface area contributed by atoms with Crippen LogP contribution in [0.2, 0.25) is 0 Å². The van der Waals surface area contributed by atoms with Crippen molar-refractivity contribution in [3.05, 3.63) is 30.1 Å². The average molecular weight is 197 g/mol. The van der Waals surface area contributed by atoms with Crippen molar-refractivity contribution in [1.82, 2.24) is 5.32 Å². The van der Waals surface area contributed by atoms with Crippen LogP contribution in [-0.4, -0.2) is 19.2 Å². The van der Waals surface area contributed by atoms with E-state index in [0.717, 1.165) is 0 Å². The predicted octanol–water partition coefficient (Wildman–Crippen LogP) is 2.20. The minimum atomic E-state index is -0.273. The monoisotopic (exact) mass is 197 g/mol. The van der Waals surface area contributed by atoms with Crippen molar-refractivity contribution in [2.24, 2.45) is 0 Å². The zero-order valence-corrected chi connectivity index (χ0v) is 8.80. The molecule has 14 heavy (non-hydrogen) atoms. The van der Waals surface area contributed by atoms with Gasteiger partial charge in [0.25, 0.3) is 0 Å². The summed E-state index contributed by atoms with van der Waals surface area (Å²) in [5.41, 5.74) is -0.105. The quantitative estimate of drug-likeness (QED) is 0.799. The highest BCUT2D eigenvalue weighted by Gasteiger charge is 2.15. The molecule has 0 aliphatic rings. The fourth-order valence-corrected chi connectivity index (χ4v) is 0.893. The Morgan fingerprint density at radius 2 is 2.14 bits per heavy atom. The van der Waals surface area contributed by atoms with Crippen LogP contribution >= 0.6 is 0 Å².